The number of unbranched alkanes of at least 4 members (excludes halogenated alkanes) is 14. The quantitative estimate of drug-likeness (QED) is 0.171. The maximum atomic E-state index is 11.9. The van der Waals surface area contributed by atoms with Gasteiger partial charge in [0, 0.05) is 26.1 Å². The largest absolute Gasteiger partial charge is 0.449 e. The SMILES string of the molecule is CCCCCCCCCCCCCCCCCNC(=O)OC[C@@H]1CO[C@@H](COC(=O)N(C)CCO)C1. The van der Waals surface area contributed by atoms with E-state index in [0.29, 0.717) is 26.2 Å². The highest BCUT2D eigenvalue weighted by molar-refractivity contribution is 5.67. The summed E-state index contributed by atoms with van der Waals surface area (Å²) in [5.74, 6) is 0.111. The molecule has 0 spiro atoms. The smallest absolute Gasteiger partial charge is 0.409 e. The van der Waals surface area contributed by atoms with Gasteiger partial charge in [-0.05, 0) is 12.8 Å². The van der Waals surface area contributed by atoms with Crippen LogP contribution in [-0.4, -0.2) is 74.9 Å². The second-order valence-electron chi connectivity index (χ2n) is 10.3. The molecule has 212 valence electrons. The fraction of sp³-hybridized carbons (Fsp3) is 0.929. The first kappa shape index (κ1) is 32.5. The standard InChI is InChI=1S/C28H54N2O6/c1-3-4-5-6-7-8-9-10-11-12-13-14-15-16-17-18-29-27(32)35-23-25-21-26(34-22-25)24-36-28(33)30(2)19-20-31/h25-26,31H,3-24H2,1-2H3,(H,29,32)/t25-,26+/m0/s1. The first-order valence-electron chi connectivity index (χ1n) is 14.6. The van der Waals surface area contributed by atoms with Crippen molar-refractivity contribution in [2.45, 2.75) is 116 Å². The van der Waals surface area contributed by atoms with Crippen LogP contribution in [0.4, 0.5) is 9.59 Å². The number of aliphatic hydroxyl groups is 1. The zero-order chi connectivity index (χ0) is 26.3. The van der Waals surface area contributed by atoms with Gasteiger partial charge in [0.05, 0.1) is 25.9 Å². The van der Waals surface area contributed by atoms with Crippen LogP contribution in [0, 0.1) is 5.92 Å². The number of hydrogen-bond acceptors (Lipinski definition) is 6. The van der Waals surface area contributed by atoms with Crippen molar-refractivity contribution in [1.29, 1.82) is 0 Å². The molecule has 2 amide bonds. The fourth-order valence-electron chi connectivity index (χ4n) is 4.46. The molecule has 0 aromatic rings. The van der Waals surface area contributed by atoms with Gasteiger partial charge in [-0.1, -0.05) is 96.8 Å². The third-order valence-electron chi connectivity index (χ3n) is 6.80. The summed E-state index contributed by atoms with van der Waals surface area (Å²) in [5.41, 5.74) is 0. The molecule has 0 saturated carbocycles. The van der Waals surface area contributed by atoms with Crippen molar-refractivity contribution >= 4 is 12.2 Å². The topological polar surface area (TPSA) is 97.3 Å². The summed E-state index contributed by atoms with van der Waals surface area (Å²) in [6, 6.07) is 0. The summed E-state index contributed by atoms with van der Waals surface area (Å²) in [7, 11) is 1.57. The first-order chi connectivity index (χ1) is 17.6. The number of likely N-dealkylation sites (N-methyl/N-ethyl adjacent to an activating group) is 1. The van der Waals surface area contributed by atoms with Gasteiger partial charge in [0.2, 0.25) is 0 Å². The van der Waals surface area contributed by atoms with Crippen LogP contribution in [-0.2, 0) is 14.2 Å². The van der Waals surface area contributed by atoms with Gasteiger partial charge in [-0.25, -0.2) is 9.59 Å². The Hall–Kier alpha value is -1.54. The van der Waals surface area contributed by atoms with E-state index in [0.717, 1.165) is 12.8 Å². The molecule has 0 aromatic carbocycles. The van der Waals surface area contributed by atoms with E-state index >= 15 is 0 Å². The highest BCUT2D eigenvalue weighted by Crippen LogP contribution is 2.20. The van der Waals surface area contributed by atoms with E-state index in [2.05, 4.69) is 12.2 Å². The van der Waals surface area contributed by atoms with Gasteiger partial charge in [0.25, 0.3) is 0 Å². The molecule has 8 heteroatoms. The monoisotopic (exact) mass is 514 g/mol. The molecule has 2 atom stereocenters. The minimum absolute atomic E-state index is 0.105. The van der Waals surface area contributed by atoms with Crippen molar-refractivity contribution in [2.24, 2.45) is 5.92 Å². The second kappa shape index (κ2) is 22.6. The van der Waals surface area contributed by atoms with Crippen molar-refractivity contribution in [2.75, 3.05) is 46.6 Å². The van der Waals surface area contributed by atoms with Crippen LogP contribution in [0.5, 0.6) is 0 Å². The molecule has 1 aliphatic heterocycles. The summed E-state index contributed by atoms with van der Waals surface area (Å²) >= 11 is 0. The van der Waals surface area contributed by atoms with Crippen LogP contribution < -0.4 is 5.32 Å². The minimum atomic E-state index is -0.481. The predicted octanol–water partition coefficient (Wildman–Crippen LogP) is 6.05. The van der Waals surface area contributed by atoms with Gasteiger partial charge < -0.3 is 29.5 Å². The van der Waals surface area contributed by atoms with Crippen LogP contribution in [0.25, 0.3) is 0 Å². The van der Waals surface area contributed by atoms with Gasteiger partial charge in [-0.2, -0.15) is 0 Å². The Balaban J connectivity index is 1.86. The van der Waals surface area contributed by atoms with Gasteiger partial charge in [-0.3, -0.25) is 0 Å². The summed E-state index contributed by atoms with van der Waals surface area (Å²) in [6.45, 7) is 4.00. The third kappa shape index (κ3) is 17.8. The molecule has 0 bridgehead atoms. The van der Waals surface area contributed by atoms with Crippen LogP contribution in [0.15, 0.2) is 0 Å². The van der Waals surface area contributed by atoms with Crippen molar-refractivity contribution in [3.63, 3.8) is 0 Å². The van der Waals surface area contributed by atoms with E-state index in [1.807, 2.05) is 0 Å². The molecule has 36 heavy (non-hydrogen) atoms. The van der Waals surface area contributed by atoms with Crippen molar-refractivity contribution in [1.82, 2.24) is 10.2 Å². The Kier molecular flexibility index (Phi) is 20.4. The molecule has 1 aliphatic rings. The van der Waals surface area contributed by atoms with Gasteiger partial charge in [0.15, 0.2) is 0 Å². The fourth-order valence-corrected chi connectivity index (χ4v) is 4.46. The molecule has 1 heterocycles. The van der Waals surface area contributed by atoms with E-state index in [-0.39, 0.29) is 37.9 Å². The highest BCUT2D eigenvalue weighted by atomic mass is 16.6. The lowest BCUT2D eigenvalue weighted by Gasteiger charge is -2.17. The minimum Gasteiger partial charge on any atom is -0.449 e. The Morgan fingerprint density at radius 3 is 1.97 bits per heavy atom. The van der Waals surface area contributed by atoms with Gasteiger partial charge in [0.1, 0.15) is 6.61 Å². The number of aliphatic hydroxyl groups excluding tert-OH is 1. The van der Waals surface area contributed by atoms with Crippen LogP contribution in [0.3, 0.4) is 0 Å². The van der Waals surface area contributed by atoms with Crippen LogP contribution >= 0.6 is 0 Å². The molecule has 1 rings (SSSR count). The summed E-state index contributed by atoms with van der Waals surface area (Å²) < 4.78 is 16.1. The number of alkyl carbamates (subject to hydrolysis) is 1. The lowest BCUT2D eigenvalue weighted by Crippen LogP contribution is -2.32. The highest BCUT2D eigenvalue weighted by Gasteiger charge is 2.28. The number of rotatable bonds is 22. The predicted molar refractivity (Wildman–Crippen MR) is 143 cm³/mol. The second-order valence-corrected chi connectivity index (χ2v) is 10.3. The molecular weight excluding hydrogens is 460 g/mol. The van der Waals surface area contributed by atoms with Crippen LogP contribution in [0.1, 0.15) is 110 Å². The number of nitrogens with one attached hydrogen (secondary N) is 1. The summed E-state index contributed by atoms with van der Waals surface area (Å²) in [6.07, 6.45) is 19.5. The van der Waals surface area contributed by atoms with Crippen molar-refractivity contribution < 1.29 is 28.9 Å². The molecule has 8 nitrogen and oxygen atoms in total. The molecule has 1 fully saturated rings. The van der Waals surface area contributed by atoms with Gasteiger partial charge in [-0.15, -0.1) is 0 Å². The average Bonchev–Trinajstić information content (AvgIpc) is 3.33. The van der Waals surface area contributed by atoms with Crippen LogP contribution in [0.2, 0.25) is 0 Å². The zero-order valence-corrected chi connectivity index (χ0v) is 23.1. The van der Waals surface area contributed by atoms with Crippen molar-refractivity contribution in [3.05, 3.63) is 0 Å². The van der Waals surface area contributed by atoms with E-state index in [1.165, 1.54) is 88.4 Å². The van der Waals surface area contributed by atoms with E-state index in [4.69, 9.17) is 19.3 Å². The molecule has 2 N–H and O–H groups in total. The molecule has 0 aromatic heterocycles. The number of nitrogens with zero attached hydrogens (tertiary/aromatic N) is 1. The Morgan fingerprint density at radius 1 is 0.861 bits per heavy atom. The molecule has 0 aliphatic carbocycles. The molecule has 0 radical (unpaired) electrons. The first-order valence-corrected chi connectivity index (χ1v) is 14.6. The zero-order valence-electron chi connectivity index (χ0n) is 23.1. The number of carbonyl (C=O) groups excluding carboxylic acids is 2. The Morgan fingerprint density at radius 2 is 1.42 bits per heavy atom. The number of ether oxygens (including phenoxy) is 3. The summed E-state index contributed by atoms with van der Waals surface area (Å²) in [5, 5.41) is 11.7. The number of carbonyl (C=O) groups is 2. The summed E-state index contributed by atoms with van der Waals surface area (Å²) in [4.78, 5) is 25.0. The maximum Gasteiger partial charge on any atom is 0.409 e. The van der Waals surface area contributed by atoms with E-state index < -0.39 is 6.09 Å². The third-order valence-corrected chi connectivity index (χ3v) is 6.80. The van der Waals surface area contributed by atoms with Gasteiger partial charge >= 0.3 is 12.2 Å². The lowest BCUT2D eigenvalue weighted by atomic mass is 10.0. The van der Waals surface area contributed by atoms with E-state index in [1.54, 1.807) is 7.05 Å². The van der Waals surface area contributed by atoms with Crippen molar-refractivity contribution in [3.8, 4) is 0 Å². The average molecular weight is 515 g/mol. The normalized spacial score (nSPS) is 17.2. The molecule has 0 unspecified atom stereocenters. The molecule has 1 saturated heterocycles. The Labute approximate surface area is 219 Å². The Bertz CT molecular complexity index is 548. The maximum absolute atomic E-state index is 11.9. The number of amides is 2. The molecular formula is C28H54N2O6. The number of hydrogen-bond donors (Lipinski definition) is 2. The lowest BCUT2D eigenvalue weighted by molar-refractivity contribution is 0.0295. The van der Waals surface area contributed by atoms with E-state index in [9.17, 15) is 9.59 Å².